The van der Waals surface area contributed by atoms with Crippen molar-refractivity contribution in [3.8, 4) is 0 Å². The topological polar surface area (TPSA) is 89.3 Å². The average molecular weight is 439 g/mol. The van der Waals surface area contributed by atoms with E-state index in [1.54, 1.807) is 28.6 Å². The monoisotopic (exact) mass is 439 g/mol. The van der Waals surface area contributed by atoms with Gasteiger partial charge >= 0.3 is 5.97 Å². The molecule has 0 atom stereocenters. The van der Waals surface area contributed by atoms with Gasteiger partial charge in [-0.05, 0) is 38.8 Å². The van der Waals surface area contributed by atoms with Crippen molar-refractivity contribution in [3.63, 3.8) is 0 Å². The number of hydrogen-bond donors (Lipinski definition) is 1. The fourth-order valence-electron chi connectivity index (χ4n) is 4.16. The van der Waals surface area contributed by atoms with E-state index in [9.17, 15) is 14.0 Å². The summed E-state index contributed by atoms with van der Waals surface area (Å²) in [5.41, 5.74) is 2.53. The second-order valence-electron chi connectivity index (χ2n) is 7.87. The highest BCUT2D eigenvalue weighted by atomic mass is 19.1. The number of likely N-dealkylation sites (tertiary alicyclic amines) is 1. The standard InChI is InChI=1S/C23H26FN5O3/c1-4-32-23(31)17-13-25-21-19(14(2)27-28(21)3)20(17)26-15-9-11-29(12-10-15)22(30)16-7-5-6-8-18(16)24/h5-8,13,15H,4,9-12H2,1-3H3,(H,25,26). The van der Waals surface area contributed by atoms with Crippen LogP contribution in [0.2, 0.25) is 0 Å². The Labute approximate surface area is 185 Å². The molecule has 0 saturated carbocycles. The molecule has 3 aromatic rings. The zero-order valence-corrected chi connectivity index (χ0v) is 18.4. The second kappa shape index (κ2) is 8.94. The highest BCUT2D eigenvalue weighted by Crippen LogP contribution is 2.31. The minimum atomic E-state index is -0.511. The lowest BCUT2D eigenvalue weighted by Gasteiger charge is -2.33. The van der Waals surface area contributed by atoms with E-state index in [0.717, 1.165) is 11.1 Å². The normalized spacial score (nSPS) is 14.6. The first kappa shape index (κ1) is 21.7. The van der Waals surface area contributed by atoms with Gasteiger partial charge in [-0.25, -0.2) is 14.2 Å². The maximum Gasteiger partial charge on any atom is 0.341 e. The highest BCUT2D eigenvalue weighted by Gasteiger charge is 2.28. The molecule has 0 bridgehead atoms. The van der Waals surface area contributed by atoms with Crippen LogP contribution in [0, 0.1) is 12.7 Å². The van der Waals surface area contributed by atoms with E-state index >= 15 is 0 Å². The Morgan fingerprint density at radius 2 is 1.94 bits per heavy atom. The van der Waals surface area contributed by atoms with Crippen LogP contribution in [-0.2, 0) is 11.8 Å². The van der Waals surface area contributed by atoms with Gasteiger partial charge in [0.25, 0.3) is 5.91 Å². The van der Waals surface area contributed by atoms with E-state index in [0.29, 0.717) is 42.8 Å². The fourth-order valence-corrected chi connectivity index (χ4v) is 4.16. The third-order valence-corrected chi connectivity index (χ3v) is 5.76. The third-order valence-electron chi connectivity index (χ3n) is 5.76. The molecule has 1 aromatic carbocycles. The molecule has 1 saturated heterocycles. The summed E-state index contributed by atoms with van der Waals surface area (Å²) < 4.78 is 20.9. The van der Waals surface area contributed by atoms with Crippen molar-refractivity contribution < 1.29 is 18.7 Å². The summed E-state index contributed by atoms with van der Waals surface area (Å²) in [6.45, 7) is 4.87. The number of pyridine rings is 1. The number of aryl methyl sites for hydroxylation is 2. The lowest BCUT2D eigenvalue weighted by Crippen LogP contribution is -2.42. The first-order chi connectivity index (χ1) is 15.4. The number of amides is 1. The molecule has 8 nitrogen and oxygen atoms in total. The molecule has 9 heteroatoms. The first-order valence-electron chi connectivity index (χ1n) is 10.7. The molecular formula is C23H26FN5O3. The summed E-state index contributed by atoms with van der Waals surface area (Å²) in [5, 5.41) is 8.71. The van der Waals surface area contributed by atoms with E-state index in [4.69, 9.17) is 4.74 Å². The second-order valence-corrected chi connectivity index (χ2v) is 7.87. The Hall–Kier alpha value is -3.49. The summed E-state index contributed by atoms with van der Waals surface area (Å²) >= 11 is 0. The molecule has 32 heavy (non-hydrogen) atoms. The average Bonchev–Trinajstić information content (AvgIpc) is 3.08. The zero-order valence-electron chi connectivity index (χ0n) is 18.4. The Balaban J connectivity index is 1.55. The quantitative estimate of drug-likeness (QED) is 0.614. The van der Waals surface area contributed by atoms with E-state index < -0.39 is 11.8 Å². The van der Waals surface area contributed by atoms with Crippen LogP contribution in [0.3, 0.4) is 0 Å². The summed E-state index contributed by atoms with van der Waals surface area (Å²) in [5.74, 6) is -1.26. The van der Waals surface area contributed by atoms with Crippen molar-refractivity contribution in [2.45, 2.75) is 32.7 Å². The van der Waals surface area contributed by atoms with Gasteiger partial charge in [0.05, 0.1) is 28.9 Å². The van der Waals surface area contributed by atoms with Gasteiger partial charge in [0, 0.05) is 32.4 Å². The molecule has 0 spiro atoms. The lowest BCUT2D eigenvalue weighted by atomic mass is 10.0. The molecule has 0 radical (unpaired) electrons. The van der Waals surface area contributed by atoms with Gasteiger partial charge in [0.2, 0.25) is 0 Å². The zero-order chi connectivity index (χ0) is 22.8. The number of carbonyl (C=O) groups is 2. The van der Waals surface area contributed by atoms with E-state index in [1.807, 2.05) is 14.0 Å². The van der Waals surface area contributed by atoms with Crippen LogP contribution < -0.4 is 5.32 Å². The molecule has 2 aromatic heterocycles. The SMILES string of the molecule is CCOC(=O)c1cnc2c(c(C)nn2C)c1NC1CCN(C(=O)c2ccccc2F)CC1. The number of aromatic nitrogens is 3. The summed E-state index contributed by atoms with van der Waals surface area (Å²) in [7, 11) is 1.81. The van der Waals surface area contributed by atoms with Crippen LogP contribution in [0.1, 0.15) is 46.2 Å². The van der Waals surface area contributed by atoms with Crippen LogP contribution in [0.15, 0.2) is 30.5 Å². The number of halogens is 1. The summed E-state index contributed by atoms with van der Waals surface area (Å²) in [6, 6.07) is 6.06. The molecule has 4 rings (SSSR count). The molecule has 0 unspecified atom stereocenters. The van der Waals surface area contributed by atoms with Crippen LogP contribution in [0.5, 0.6) is 0 Å². The number of piperidine rings is 1. The molecule has 168 valence electrons. The van der Waals surface area contributed by atoms with E-state index in [-0.39, 0.29) is 24.1 Å². The minimum absolute atomic E-state index is 0.0260. The van der Waals surface area contributed by atoms with Gasteiger partial charge in [0.15, 0.2) is 5.65 Å². The fraction of sp³-hybridized carbons (Fsp3) is 0.391. The maximum atomic E-state index is 14.0. The molecule has 3 heterocycles. The van der Waals surface area contributed by atoms with Crippen molar-refractivity contribution in [2.75, 3.05) is 25.0 Å². The molecule has 1 amide bonds. The molecule has 1 N–H and O–H groups in total. The maximum absolute atomic E-state index is 14.0. The van der Waals surface area contributed by atoms with E-state index in [1.165, 1.54) is 18.3 Å². The van der Waals surface area contributed by atoms with Crippen LogP contribution in [0.4, 0.5) is 10.1 Å². The van der Waals surface area contributed by atoms with E-state index in [2.05, 4.69) is 15.4 Å². The van der Waals surface area contributed by atoms with Gasteiger partial charge < -0.3 is 15.0 Å². The van der Waals surface area contributed by atoms with Gasteiger partial charge in [-0.2, -0.15) is 5.10 Å². The number of esters is 1. The molecular weight excluding hydrogens is 413 g/mol. The Morgan fingerprint density at radius 3 is 2.62 bits per heavy atom. The van der Waals surface area contributed by atoms with Crippen molar-refractivity contribution in [1.82, 2.24) is 19.7 Å². The lowest BCUT2D eigenvalue weighted by molar-refractivity contribution is 0.0527. The predicted octanol–water partition coefficient (Wildman–Crippen LogP) is 3.31. The highest BCUT2D eigenvalue weighted by molar-refractivity contribution is 6.05. The number of nitrogens with zero attached hydrogens (tertiary/aromatic N) is 4. The molecule has 0 aliphatic carbocycles. The minimum Gasteiger partial charge on any atom is -0.462 e. The Morgan fingerprint density at radius 1 is 1.22 bits per heavy atom. The van der Waals surface area contributed by atoms with Crippen LogP contribution in [-0.4, -0.2) is 57.3 Å². The summed E-state index contributed by atoms with van der Waals surface area (Å²) in [4.78, 5) is 31.4. The Bertz CT molecular complexity index is 1170. The molecule has 1 fully saturated rings. The van der Waals surface area contributed by atoms with Crippen LogP contribution >= 0.6 is 0 Å². The van der Waals surface area contributed by atoms with Crippen molar-refractivity contribution in [1.29, 1.82) is 0 Å². The van der Waals surface area contributed by atoms with Gasteiger partial charge in [-0.15, -0.1) is 0 Å². The number of ether oxygens (including phenoxy) is 1. The first-order valence-corrected chi connectivity index (χ1v) is 10.7. The largest absolute Gasteiger partial charge is 0.462 e. The van der Waals surface area contributed by atoms with Crippen molar-refractivity contribution >= 4 is 28.6 Å². The molecule has 1 aliphatic rings. The smallest absolute Gasteiger partial charge is 0.341 e. The Kier molecular flexibility index (Phi) is 6.07. The number of nitrogens with one attached hydrogen (secondary N) is 1. The van der Waals surface area contributed by atoms with Crippen LogP contribution in [0.25, 0.3) is 11.0 Å². The third kappa shape index (κ3) is 4.02. The van der Waals surface area contributed by atoms with Crippen molar-refractivity contribution in [3.05, 3.63) is 53.1 Å². The van der Waals surface area contributed by atoms with Crippen molar-refractivity contribution in [2.24, 2.45) is 7.05 Å². The van der Waals surface area contributed by atoms with Gasteiger partial charge in [0.1, 0.15) is 11.4 Å². The predicted molar refractivity (Wildman–Crippen MR) is 118 cm³/mol. The van der Waals surface area contributed by atoms with Gasteiger partial charge in [-0.3, -0.25) is 9.48 Å². The number of benzene rings is 1. The van der Waals surface area contributed by atoms with Gasteiger partial charge in [-0.1, -0.05) is 12.1 Å². The summed E-state index contributed by atoms with van der Waals surface area (Å²) in [6.07, 6.45) is 2.83. The number of hydrogen-bond acceptors (Lipinski definition) is 6. The number of fused-ring (bicyclic) bond motifs is 1. The molecule has 1 aliphatic heterocycles. The number of carbonyl (C=O) groups excluding carboxylic acids is 2. The number of anilines is 1. The number of rotatable bonds is 5.